The van der Waals surface area contributed by atoms with E-state index in [0.29, 0.717) is 20.7 Å². The van der Waals surface area contributed by atoms with Gasteiger partial charge in [-0.2, -0.15) is 0 Å². The number of aryl methyl sites for hydroxylation is 1. The molecule has 23 heavy (non-hydrogen) atoms. The molecule has 1 aromatic heterocycles. The smallest absolute Gasteiger partial charge is 0.303 e. The second-order valence-electron chi connectivity index (χ2n) is 4.77. The number of carboxylic acid groups (broad SMARTS) is 1. The summed E-state index contributed by atoms with van der Waals surface area (Å²) in [6, 6.07) is 6.11. The molecule has 0 fully saturated rings. The lowest BCUT2D eigenvalue weighted by Crippen LogP contribution is -2.23. The summed E-state index contributed by atoms with van der Waals surface area (Å²) < 4.78 is 0.717. The first-order valence-corrected chi connectivity index (χ1v) is 8.19. The van der Waals surface area contributed by atoms with Gasteiger partial charge in [-0.3, -0.25) is 9.59 Å². The maximum atomic E-state index is 12.1. The SMILES string of the molecule is O=C(O)CCc1ccc(O)cc1CNC(=O)c1cc(Cl)sc1Cl. The number of aromatic hydroxyl groups is 1. The molecule has 0 bridgehead atoms. The summed E-state index contributed by atoms with van der Waals surface area (Å²) in [4.78, 5) is 22.8. The molecule has 0 aliphatic carbocycles. The standard InChI is InChI=1S/C15H13Cl2NO4S/c16-12-6-11(14(17)23-12)15(22)18-7-9-5-10(19)3-1-8(9)2-4-13(20)21/h1,3,5-6,19H,2,4,7H2,(H,18,22)(H,20,21). The van der Waals surface area contributed by atoms with Crippen molar-refractivity contribution in [1.29, 1.82) is 0 Å². The van der Waals surface area contributed by atoms with E-state index in [1.807, 2.05) is 0 Å². The molecule has 1 amide bonds. The van der Waals surface area contributed by atoms with Crippen LogP contribution in [0.25, 0.3) is 0 Å². The summed E-state index contributed by atoms with van der Waals surface area (Å²) in [6.07, 6.45) is 0.281. The van der Waals surface area contributed by atoms with Crippen molar-refractivity contribution >= 4 is 46.4 Å². The Morgan fingerprint density at radius 1 is 1.17 bits per heavy atom. The molecule has 1 aromatic carbocycles. The summed E-state index contributed by atoms with van der Waals surface area (Å²) in [5.41, 5.74) is 1.69. The molecule has 0 atom stereocenters. The van der Waals surface area contributed by atoms with Crippen LogP contribution < -0.4 is 5.32 Å². The molecule has 5 nitrogen and oxygen atoms in total. The summed E-state index contributed by atoms with van der Waals surface area (Å²) in [5.74, 6) is -1.25. The third-order valence-corrected chi connectivity index (χ3v) is 4.63. The van der Waals surface area contributed by atoms with E-state index in [0.717, 1.165) is 16.9 Å². The number of rotatable bonds is 6. The van der Waals surface area contributed by atoms with Crippen molar-refractivity contribution in [2.24, 2.45) is 0 Å². The average molecular weight is 374 g/mol. The summed E-state index contributed by atoms with van der Waals surface area (Å²) in [6.45, 7) is 0.145. The number of aliphatic carboxylic acids is 1. The Labute approximate surface area is 146 Å². The molecule has 2 rings (SSSR count). The average Bonchev–Trinajstić information content (AvgIpc) is 2.82. The van der Waals surface area contributed by atoms with Crippen LogP contribution in [0.4, 0.5) is 0 Å². The molecule has 0 saturated heterocycles. The maximum absolute atomic E-state index is 12.1. The molecule has 0 spiro atoms. The summed E-state index contributed by atoms with van der Waals surface area (Å²) >= 11 is 12.8. The van der Waals surface area contributed by atoms with Crippen molar-refractivity contribution in [1.82, 2.24) is 5.32 Å². The third-order valence-electron chi connectivity index (χ3n) is 3.14. The van der Waals surface area contributed by atoms with Gasteiger partial charge in [-0.1, -0.05) is 29.3 Å². The minimum Gasteiger partial charge on any atom is -0.508 e. The Bertz CT molecular complexity index is 745. The quantitative estimate of drug-likeness (QED) is 0.720. The molecule has 0 aliphatic rings. The van der Waals surface area contributed by atoms with Gasteiger partial charge in [0.25, 0.3) is 5.91 Å². The molecular weight excluding hydrogens is 361 g/mol. The Balaban J connectivity index is 2.10. The number of nitrogens with one attached hydrogen (secondary N) is 1. The van der Waals surface area contributed by atoms with Crippen molar-refractivity contribution in [3.05, 3.63) is 49.6 Å². The second-order valence-corrected chi connectivity index (χ2v) is 7.05. The van der Waals surface area contributed by atoms with Crippen molar-refractivity contribution in [3.8, 4) is 5.75 Å². The molecule has 1 heterocycles. The highest BCUT2D eigenvalue weighted by Gasteiger charge is 2.15. The second kappa shape index (κ2) is 7.68. The Kier molecular flexibility index (Phi) is 5.87. The van der Waals surface area contributed by atoms with Crippen LogP contribution in [0.15, 0.2) is 24.3 Å². The van der Waals surface area contributed by atoms with Gasteiger partial charge in [-0.25, -0.2) is 0 Å². The van der Waals surface area contributed by atoms with E-state index in [-0.39, 0.29) is 30.2 Å². The fourth-order valence-electron chi connectivity index (χ4n) is 2.03. The maximum Gasteiger partial charge on any atom is 0.303 e. The Morgan fingerprint density at radius 3 is 2.52 bits per heavy atom. The zero-order chi connectivity index (χ0) is 17.0. The fraction of sp³-hybridized carbons (Fsp3) is 0.200. The van der Waals surface area contributed by atoms with Crippen molar-refractivity contribution < 1.29 is 19.8 Å². The van der Waals surface area contributed by atoms with Crippen molar-refractivity contribution in [2.75, 3.05) is 0 Å². The number of carboxylic acids is 1. The van der Waals surface area contributed by atoms with Gasteiger partial charge in [0, 0.05) is 13.0 Å². The van der Waals surface area contributed by atoms with Crippen LogP contribution in [-0.4, -0.2) is 22.1 Å². The topological polar surface area (TPSA) is 86.6 Å². The third kappa shape index (κ3) is 4.86. The molecule has 0 unspecified atom stereocenters. The Morgan fingerprint density at radius 2 is 1.91 bits per heavy atom. The number of carbonyl (C=O) groups is 2. The number of phenols is 1. The van der Waals surface area contributed by atoms with Crippen LogP contribution in [-0.2, 0) is 17.8 Å². The highest BCUT2D eigenvalue weighted by Crippen LogP contribution is 2.31. The van der Waals surface area contributed by atoms with Crippen molar-refractivity contribution in [3.63, 3.8) is 0 Å². The first-order valence-electron chi connectivity index (χ1n) is 6.62. The summed E-state index contributed by atoms with van der Waals surface area (Å²) in [7, 11) is 0. The molecular formula is C15H13Cl2NO4S. The number of halogens is 2. The van der Waals surface area contributed by atoms with Gasteiger partial charge in [-0.05, 0) is 35.7 Å². The van der Waals surface area contributed by atoms with Crippen LogP contribution >= 0.6 is 34.5 Å². The van der Waals surface area contributed by atoms with E-state index in [9.17, 15) is 14.7 Å². The Hall–Kier alpha value is -1.76. The highest BCUT2D eigenvalue weighted by atomic mass is 35.5. The van der Waals surface area contributed by atoms with Gasteiger partial charge >= 0.3 is 5.97 Å². The largest absolute Gasteiger partial charge is 0.508 e. The van der Waals surface area contributed by atoms with E-state index in [4.69, 9.17) is 28.3 Å². The lowest BCUT2D eigenvalue weighted by Gasteiger charge is -2.10. The molecule has 2 aromatic rings. The van der Waals surface area contributed by atoms with Crippen molar-refractivity contribution in [2.45, 2.75) is 19.4 Å². The lowest BCUT2D eigenvalue weighted by molar-refractivity contribution is -0.136. The van der Waals surface area contributed by atoms with Gasteiger partial charge in [0.1, 0.15) is 10.1 Å². The summed E-state index contributed by atoms with van der Waals surface area (Å²) in [5, 5.41) is 21.0. The van der Waals surface area contributed by atoms with Gasteiger partial charge in [-0.15, -0.1) is 11.3 Å². The van der Waals surface area contributed by atoms with E-state index in [1.54, 1.807) is 6.07 Å². The molecule has 0 saturated carbocycles. The van der Waals surface area contributed by atoms with E-state index in [2.05, 4.69) is 5.32 Å². The van der Waals surface area contributed by atoms with Gasteiger partial charge in [0.2, 0.25) is 0 Å². The van der Waals surface area contributed by atoms with E-state index in [1.165, 1.54) is 18.2 Å². The first kappa shape index (κ1) is 17.6. The number of phenolic OH excluding ortho intramolecular Hbond substituents is 1. The molecule has 0 radical (unpaired) electrons. The highest BCUT2D eigenvalue weighted by molar-refractivity contribution is 7.20. The normalized spacial score (nSPS) is 10.5. The van der Waals surface area contributed by atoms with E-state index < -0.39 is 5.97 Å². The zero-order valence-electron chi connectivity index (χ0n) is 11.8. The predicted octanol–water partition coefficient (Wildman–Crippen LogP) is 3.71. The zero-order valence-corrected chi connectivity index (χ0v) is 14.1. The van der Waals surface area contributed by atoms with Gasteiger partial charge < -0.3 is 15.5 Å². The monoisotopic (exact) mass is 373 g/mol. The van der Waals surface area contributed by atoms with Crippen LogP contribution in [0.2, 0.25) is 8.67 Å². The predicted molar refractivity (Wildman–Crippen MR) is 89.6 cm³/mol. The number of hydrogen-bond donors (Lipinski definition) is 3. The molecule has 8 heteroatoms. The van der Waals surface area contributed by atoms with Crippen LogP contribution in [0.3, 0.4) is 0 Å². The molecule has 0 aliphatic heterocycles. The number of thiophene rings is 1. The first-order chi connectivity index (χ1) is 10.9. The number of amides is 1. The minimum absolute atomic E-state index is 0.0301. The van der Waals surface area contributed by atoms with Gasteiger partial charge in [0.05, 0.1) is 9.90 Å². The molecule has 3 N–H and O–H groups in total. The number of carbonyl (C=O) groups excluding carboxylic acids is 1. The minimum atomic E-state index is -0.909. The van der Waals surface area contributed by atoms with Crippen LogP contribution in [0.5, 0.6) is 5.75 Å². The van der Waals surface area contributed by atoms with Crippen LogP contribution in [0, 0.1) is 0 Å². The van der Waals surface area contributed by atoms with Gasteiger partial charge in [0.15, 0.2) is 0 Å². The molecule has 122 valence electrons. The number of hydrogen-bond acceptors (Lipinski definition) is 4. The van der Waals surface area contributed by atoms with E-state index >= 15 is 0 Å². The lowest BCUT2D eigenvalue weighted by atomic mass is 10.0. The number of benzene rings is 1. The fourth-order valence-corrected chi connectivity index (χ4v) is 3.49. The van der Waals surface area contributed by atoms with Crippen LogP contribution in [0.1, 0.15) is 27.9 Å².